The van der Waals surface area contributed by atoms with Gasteiger partial charge in [0.1, 0.15) is 0 Å². The molecule has 0 aliphatic heterocycles. The summed E-state index contributed by atoms with van der Waals surface area (Å²) in [5, 5.41) is 0. The molecular weight excluding hydrogens is 253 g/mol. The third-order valence-electron chi connectivity index (χ3n) is 5.19. The highest BCUT2D eigenvalue weighted by molar-refractivity contribution is 4.93. The summed E-state index contributed by atoms with van der Waals surface area (Å²) >= 11 is 0. The van der Waals surface area contributed by atoms with Gasteiger partial charge in [0.05, 0.1) is 5.92 Å². The first-order valence-electron chi connectivity index (χ1n) is 7.37. The predicted octanol–water partition coefficient (Wildman–Crippen LogP) is 3.06. The number of nitrogens with two attached hydrogens (primary N) is 2. The standard InChI is InChI=1S/C14H25F3N2/c1-8-6-9(18)2-4-11(8)12-5-3-10(19)7-13(12)14(15,16)17/h8-13H,2-7,18-19H2,1H3. The lowest BCUT2D eigenvalue weighted by Crippen LogP contribution is -2.46. The Morgan fingerprint density at radius 1 is 0.842 bits per heavy atom. The van der Waals surface area contributed by atoms with Crippen LogP contribution in [0.15, 0.2) is 0 Å². The Hall–Kier alpha value is -0.290. The fourth-order valence-corrected chi connectivity index (χ4v) is 4.21. The first-order valence-corrected chi connectivity index (χ1v) is 7.37. The Morgan fingerprint density at radius 3 is 1.89 bits per heavy atom. The molecule has 112 valence electrons. The molecule has 6 unspecified atom stereocenters. The smallest absolute Gasteiger partial charge is 0.328 e. The van der Waals surface area contributed by atoms with Crippen LogP contribution in [0.2, 0.25) is 0 Å². The Labute approximate surface area is 113 Å². The minimum atomic E-state index is -4.11. The zero-order valence-corrected chi connectivity index (χ0v) is 11.5. The van der Waals surface area contributed by atoms with E-state index in [0.717, 1.165) is 25.7 Å². The van der Waals surface area contributed by atoms with Crippen LogP contribution < -0.4 is 11.5 Å². The molecule has 0 spiro atoms. The van der Waals surface area contributed by atoms with Gasteiger partial charge in [-0.1, -0.05) is 6.92 Å². The molecule has 2 rings (SSSR count). The van der Waals surface area contributed by atoms with E-state index >= 15 is 0 Å². The average molecular weight is 278 g/mol. The van der Waals surface area contributed by atoms with Crippen LogP contribution in [0.5, 0.6) is 0 Å². The maximum atomic E-state index is 13.2. The fraction of sp³-hybridized carbons (Fsp3) is 1.00. The van der Waals surface area contributed by atoms with Gasteiger partial charge in [-0.2, -0.15) is 13.2 Å². The Balaban J connectivity index is 2.12. The summed E-state index contributed by atoms with van der Waals surface area (Å²) in [4.78, 5) is 0. The van der Waals surface area contributed by atoms with Crippen molar-refractivity contribution in [3.63, 3.8) is 0 Å². The number of hydrogen-bond donors (Lipinski definition) is 2. The third kappa shape index (κ3) is 3.43. The SMILES string of the molecule is CC1CC(N)CCC1C1CCC(N)CC1C(F)(F)F. The van der Waals surface area contributed by atoms with Crippen LogP contribution in [0.4, 0.5) is 13.2 Å². The van der Waals surface area contributed by atoms with Crippen LogP contribution in [0.3, 0.4) is 0 Å². The van der Waals surface area contributed by atoms with E-state index in [9.17, 15) is 13.2 Å². The van der Waals surface area contributed by atoms with Gasteiger partial charge in [0, 0.05) is 12.1 Å². The van der Waals surface area contributed by atoms with Crippen molar-refractivity contribution < 1.29 is 13.2 Å². The number of halogens is 3. The highest BCUT2D eigenvalue weighted by atomic mass is 19.4. The molecule has 2 fully saturated rings. The molecule has 2 saturated carbocycles. The Bertz CT molecular complexity index is 306. The predicted molar refractivity (Wildman–Crippen MR) is 69.3 cm³/mol. The van der Waals surface area contributed by atoms with Gasteiger partial charge in [0.15, 0.2) is 0 Å². The fourth-order valence-electron chi connectivity index (χ4n) is 4.21. The monoisotopic (exact) mass is 278 g/mol. The number of alkyl halides is 3. The van der Waals surface area contributed by atoms with Crippen molar-refractivity contribution in [2.75, 3.05) is 0 Å². The van der Waals surface area contributed by atoms with E-state index in [1.165, 1.54) is 0 Å². The second-order valence-corrected chi connectivity index (χ2v) is 6.60. The molecule has 0 aromatic rings. The van der Waals surface area contributed by atoms with E-state index in [-0.39, 0.29) is 30.3 Å². The minimum absolute atomic E-state index is 0.101. The molecule has 0 heterocycles. The number of rotatable bonds is 1. The normalized spacial score (nSPS) is 45.2. The van der Waals surface area contributed by atoms with Crippen molar-refractivity contribution >= 4 is 0 Å². The summed E-state index contributed by atoms with van der Waals surface area (Å²) < 4.78 is 39.7. The van der Waals surface area contributed by atoms with Gasteiger partial charge < -0.3 is 11.5 Å². The van der Waals surface area contributed by atoms with E-state index in [4.69, 9.17) is 11.5 Å². The molecule has 19 heavy (non-hydrogen) atoms. The van der Waals surface area contributed by atoms with Crippen LogP contribution in [0, 0.1) is 23.7 Å². The molecule has 2 aliphatic carbocycles. The average Bonchev–Trinajstić information content (AvgIpc) is 2.28. The lowest BCUT2D eigenvalue weighted by Gasteiger charge is -2.45. The summed E-state index contributed by atoms with van der Waals surface area (Å²) in [5.74, 6) is -0.993. The molecule has 0 bridgehead atoms. The van der Waals surface area contributed by atoms with Crippen LogP contribution in [-0.2, 0) is 0 Å². The Morgan fingerprint density at radius 2 is 1.37 bits per heavy atom. The zero-order valence-electron chi connectivity index (χ0n) is 11.5. The summed E-state index contributed by atoms with van der Waals surface area (Å²) in [5.41, 5.74) is 11.7. The molecule has 0 radical (unpaired) electrons. The van der Waals surface area contributed by atoms with E-state index < -0.39 is 12.1 Å². The summed E-state index contributed by atoms with van der Waals surface area (Å²) in [6.07, 6.45) is -0.0949. The lowest BCUT2D eigenvalue weighted by molar-refractivity contribution is -0.206. The zero-order chi connectivity index (χ0) is 14.2. The number of hydrogen-bond acceptors (Lipinski definition) is 2. The lowest BCUT2D eigenvalue weighted by atomic mass is 9.63. The first-order chi connectivity index (χ1) is 8.79. The molecule has 6 atom stereocenters. The van der Waals surface area contributed by atoms with Crippen molar-refractivity contribution in [2.24, 2.45) is 35.1 Å². The van der Waals surface area contributed by atoms with Crippen molar-refractivity contribution in [2.45, 2.75) is 63.7 Å². The molecule has 0 amide bonds. The van der Waals surface area contributed by atoms with E-state index in [1.54, 1.807) is 0 Å². The highest BCUT2D eigenvalue weighted by Gasteiger charge is 2.50. The summed E-state index contributed by atoms with van der Waals surface area (Å²) in [7, 11) is 0. The maximum absolute atomic E-state index is 13.2. The first kappa shape index (κ1) is 15.1. The molecule has 5 heteroatoms. The van der Waals surface area contributed by atoms with E-state index in [0.29, 0.717) is 12.3 Å². The molecule has 0 aromatic carbocycles. The van der Waals surface area contributed by atoms with Crippen molar-refractivity contribution in [3.8, 4) is 0 Å². The molecule has 2 nitrogen and oxygen atoms in total. The molecule has 4 N–H and O–H groups in total. The van der Waals surface area contributed by atoms with Crippen molar-refractivity contribution in [1.29, 1.82) is 0 Å². The maximum Gasteiger partial charge on any atom is 0.392 e. The van der Waals surface area contributed by atoms with Gasteiger partial charge in [-0.25, -0.2) is 0 Å². The summed E-state index contributed by atoms with van der Waals surface area (Å²) in [6, 6.07) is -0.120. The molecule has 0 saturated heterocycles. The van der Waals surface area contributed by atoms with Gasteiger partial charge in [0.25, 0.3) is 0 Å². The van der Waals surface area contributed by atoms with Gasteiger partial charge in [-0.15, -0.1) is 0 Å². The topological polar surface area (TPSA) is 52.0 Å². The van der Waals surface area contributed by atoms with Gasteiger partial charge in [-0.3, -0.25) is 0 Å². The van der Waals surface area contributed by atoms with Crippen LogP contribution >= 0.6 is 0 Å². The second-order valence-electron chi connectivity index (χ2n) is 6.60. The van der Waals surface area contributed by atoms with Crippen LogP contribution in [0.1, 0.15) is 45.4 Å². The largest absolute Gasteiger partial charge is 0.392 e. The minimum Gasteiger partial charge on any atom is -0.328 e. The molecular formula is C14H25F3N2. The second kappa shape index (κ2) is 5.60. The van der Waals surface area contributed by atoms with Gasteiger partial charge in [-0.05, 0) is 56.3 Å². The van der Waals surface area contributed by atoms with Crippen LogP contribution in [0.25, 0.3) is 0 Å². The van der Waals surface area contributed by atoms with Crippen molar-refractivity contribution in [1.82, 2.24) is 0 Å². The third-order valence-corrected chi connectivity index (χ3v) is 5.19. The van der Waals surface area contributed by atoms with Gasteiger partial charge in [0.2, 0.25) is 0 Å². The highest BCUT2D eigenvalue weighted by Crippen LogP contribution is 2.49. The van der Waals surface area contributed by atoms with E-state index in [2.05, 4.69) is 6.92 Å². The Kier molecular flexibility index (Phi) is 4.45. The van der Waals surface area contributed by atoms with Gasteiger partial charge >= 0.3 is 6.18 Å². The van der Waals surface area contributed by atoms with Crippen LogP contribution in [-0.4, -0.2) is 18.3 Å². The molecule has 2 aliphatic rings. The quantitative estimate of drug-likeness (QED) is 0.774. The molecule has 0 aromatic heterocycles. The summed E-state index contributed by atoms with van der Waals surface area (Å²) in [6.45, 7) is 2.06. The van der Waals surface area contributed by atoms with E-state index in [1.807, 2.05) is 0 Å². The van der Waals surface area contributed by atoms with Crippen molar-refractivity contribution in [3.05, 3.63) is 0 Å².